The molecule has 3 nitrogen and oxygen atoms in total. The lowest BCUT2D eigenvalue weighted by molar-refractivity contribution is 0.592. The van der Waals surface area contributed by atoms with E-state index in [4.69, 9.17) is 0 Å². The fourth-order valence-electron chi connectivity index (χ4n) is 8.91. The molecular weight excluding hydrogens is 755 g/mol. The van der Waals surface area contributed by atoms with Crippen molar-refractivity contribution in [1.29, 1.82) is 0 Å². The van der Waals surface area contributed by atoms with Gasteiger partial charge in [-0.1, -0.05) is 170 Å². The van der Waals surface area contributed by atoms with Gasteiger partial charge in [0.2, 0.25) is 0 Å². The number of para-hydroxylation sites is 2. The molecule has 0 saturated carbocycles. The van der Waals surface area contributed by atoms with Gasteiger partial charge in [-0.05, 0) is 84.5 Å². The zero-order valence-electron chi connectivity index (χ0n) is 32.1. The van der Waals surface area contributed by atoms with Crippen LogP contribution in [0.1, 0.15) is 0 Å². The van der Waals surface area contributed by atoms with Gasteiger partial charge >= 0.3 is 0 Å². The third-order valence-electron chi connectivity index (χ3n) is 11.5. The zero-order valence-corrected chi connectivity index (χ0v) is 33.9. The van der Waals surface area contributed by atoms with Crippen molar-refractivity contribution in [3.63, 3.8) is 0 Å². The van der Waals surface area contributed by atoms with E-state index in [9.17, 15) is 0 Å². The second-order valence-corrected chi connectivity index (χ2v) is 19.9. The minimum absolute atomic E-state index is 0.819. The van der Waals surface area contributed by atoms with Crippen LogP contribution >= 0.6 is 15.1 Å². The van der Waals surface area contributed by atoms with Gasteiger partial charge in [-0.2, -0.15) is 0 Å². The van der Waals surface area contributed by atoms with E-state index in [1.165, 1.54) is 37.7 Å². The van der Waals surface area contributed by atoms with E-state index in [2.05, 4.69) is 179 Å². The summed E-state index contributed by atoms with van der Waals surface area (Å²) in [5.41, 5.74) is 6.68. The summed E-state index contributed by atoms with van der Waals surface area (Å²) in [6.45, 7) is 0. The van der Waals surface area contributed by atoms with Crippen LogP contribution in [0.25, 0.3) is 55.0 Å². The van der Waals surface area contributed by atoms with Gasteiger partial charge in [0.15, 0.2) is 7.14 Å². The Balaban J connectivity index is 1.18. The van der Waals surface area contributed by atoms with E-state index in [0.717, 1.165) is 49.1 Å². The van der Waals surface area contributed by atoms with Crippen molar-refractivity contribution in [3.05, 3.63) is 231 Å². The molecule has 2 aromatic heterocycles. The molecule has 0 spiro atoms. The first kappa shape index (κ1) is 35.4. The van der Waals surface area contributed by atoms with Crippen molar-refractivity contribution < 1.29 is 4.57 Å². The number of hydrogen-bond donors (Lipinski definition) is 0. The summed E-state index contributed by atoms with van der Waals surface area (Å²) in [7, 11) is -4.10. The van der Waals surface area contributed by atoms with Crippen LogP contribution in [-0.2, 0) is 4.57 Å². The summed E-state index contributed by atoms with van der Waals surface area (Å²) in [5, 5.41) is 11.0. The summed E-state index contributed by atoms with van der Waals surface area (Å²) in [6.07, 6.45) is 0. The average Bonchev–Trinajstić information content (AvgIpc) is 3.82. The molecule has 0 N–H and O–H groups in total. The Morgan fingerprint density at radius 2 is 0.729 bits per heavy atom. The molecule has 0 radical (unpaired) electrons. The van der Waals surface area contributed by atoms with Crippen molar-refractivity contribution in [2.24, 2.45) is 0 Å². The molecule has 0 aliphatic carbocycles. The van der Waals surface area contributed by atoms with Crippen LogP contribution in [0.2, 0.25) is 0 Å². The first-order chi connectivity index (χ1) is 29.2. The summed E-state index contributed by atoms with van der Waals surface area (Å²) in [5.74, 6) is 0. The predicted octanol–water partition coefficient (Wildman–Crippen LogP) is 11.3. The molecule has 11 aromatic rings. The second kappa shape index (κ2) is 14.6. The molecular formula is C54H38N2OP2. The Bertz CT molecular complexity index is 3220. The first-order valence-electron chi connectivity index (χ1n) is 20.0. The van der Waals surface area contributed by atoms with E-state index in [1.807, 2.05) is 60.7 Å². The maximum Gasteiger partial charge on any atom is 0.171 e. The molecule has 0 atom stereocenters. The Morgan fingerprint density at radius 1 is 0.305 bits per heavy atom. The molecule has 2 heterocycles. The number of hydrogen-bond acceptors (Lipinski definition) is 1. The third-order valence-corrected chi connectivity index (χ3v) is 17.0. The van der Waals surface area contributed by atoms with Crippen molar-refractivity contribution >= 4 is 90.5 Å². The number of rotatable bonds is 8. The molecule has 5 heteroatoms. The van der Waals surface area contributed by atoms with Gasteiger partial charge in [0.25, 0.3) is 0 Å². The van der Waals surface area contributed by atoms with Crippen LogP contribution in [-0.4, -0.2) is 9.13 Å². The molecule has 0 unspecified atom stereocenters. The average molecular weight is 793 g/mol. The topological polar surface area (TPSA) is 26.9 Å². The van der Waals surface area contributed by atoms with Gasteiger partial charge in [0.1, 0.15) is 0 Å². The van der Waals surface area contributed by atoms with Crippen LogP contribution in [0.5, 0.6) is 0 Å². The van der Waals surface area contributed by atoms with E-state index in [1.54, 1.807) is 0 Å². The SMILES string of the molecule is O=P(c1ccccc1)(c1ccccc1)c1ccc2c(c1)c1cc(P(c3ccccc3)c3ccccc3)ccc1n2-c1cccc(-n2c3ccccc3c3ccccc32)c1. The molecule has 0 saturated heterocycles. The van der Waals surface area contributed by atoms with Crippen molar-refractivity contribution in [2.75, 3.05) is 0 Å². The zero-order chi connectivity index (χ0) is 39.3. The quantitative estimate of drug-likeness (QED) is 0.141. The van der Waals surface area contributed by atoms with Gasteiger partial charge in [-0.25, -0.2) is 0 Å². The summed E-state index contributed by atoms with van der Waals surface area (Å²) < 4.78 is 20.6. The Hall–Kier alpha value is -6.76. The van der Waals surface area contributed by atoms with Crippen molar-refractivity contribution in [3.8, 4) is 11.4 Å². The Morgan fingerprint density at radius 3 is 1.25 bits per heavy atom. The first-order valence-corrected chi connectivity index (χ1v) is 23.0. The van der Waals surface area contributed by atoms with Crippen molar-refractivity contribution in [2.45, 2.75) is 0 Å². The summed E-state index contributed by atoms with van der Waals surface area (Å²) >= 11 is 0. The van der Waals surface area contributed by atoms with Gasteiger partial charge in [0.05, 0.1) is 22.1 Å². The minimum Gasteiger partial charge on any atom is -0.309 e. The fourth-order valence-corrected chi connectivity index (χ4v) is 13.9. The molecule has 0 aliphatic heterocycles. The molecule has 0 bridgehead atoms. The number of nitrogens with zero attached hydrogens (tertiary/aromatic N) is 2. The molecule has 11 rings (SSSR count). The summed E-state index contributed by atoms with van der Waals surface area (Å²) in [6, 6.07) is 81.4. The third kappa shape index (κ3) is 5.89. The predicted molar refractivity (Wildman–Crippen MR) is 253 cm³/mol. The Labute approximate surface area is 344 Å². The number of aromatic nitrogens is 2. The maximum absolute atomic E-state index is 15.8. The van der Waals surface area contributed by atoms with E-state index < -0.39 is 15.1 Å². The highest BCUT2D eigenvalue weighted by Crippen LogP contribution is 2.45. The monoisotopic (exact) mass is 792 g/mol. The van der Waals surface area contributed by atoms with E-state index >= 15 is 4.57 Å². The molecule has 0 fully saturated rings. The standard InChI is InChI=1S/C54H38N2OP2/c57-59(44-24-9-3-10-25-44,45-26-11-4-12-27-45)46-33-35-54-50(38-46)49-37-43(58(41-20-5-1-6-21-41)42-22-7-2-8-23-42)32-34-53(49)56(54)40-19-17-18-39(36-40)55-51-30-15-13-28-47(51)48-29-14-16-31-52(48)55/h1-38H. The normalized spacial score (nSPS) is 11.9. The van der Waals surface area contributed by atoms with Crippen molar-refractivity contribution in [1.82, 2.24) is 9.13 Å². The van der Waals surface area contributed by atoms with Crippen LogP contribution < -0.4 is 31.8 Å². The largest absolute Gasteiger partial charge is 0.309 e. The lowest BCUT2D eigenvalue weighted by Crippen LogP contribution is -2.24. The smallest absolute Gasteiger partial charge is 0.171 e. The highest BCUT2D eigenvalue weighted by atomic mass is 31.2. The van der Waals surface area contributed by atoms with Gasteiger partial charge in [0, 0.05) is 48.8 Å². The molecule has 59 heavy (non-hydrogen) atoms. The summed E-state index contributed by atoms with van der Waals surface area (Å²) in [4.78, 5) is 0. The minimum atomic E-state index is -3.24. The molecule has 280 valence electrons. The van der Waals surface area contributed by atoms with E-state index in [0.29, 0.717) is 0 Å². The fraction of sp³-hybridized carbons (Fsp3) is 0. The second-order valence-electron chi connectivity index (χ2n) is 14.9. The van der Waals surface area contributed by atoms with Gasteiger partial charge < -0.3 is 13.7 Å². The highest BCUT2D eigenvalue weighted by molar-refractivity contribution is 7.85. The van der Waals surface area contributed by atoms with Gasteiger partial charge in [-0.3, -0.25) is 0 Å². The number of benzene rings is 9. The van der Waals surface area contributed by atoms with Crippen LogP contribution in [0.15, 0.2) is 231 Å². The maximum atomic E-state index is 15.8. The Kier molecular flexibility index (Phi) is 8.74. The molecule has 9 aromatic carbocycles. The molecule has 0 aliphatic rings. The van der Waals surface area contributed by atoms with Crippen LogP contribution in [0, 0.1) is 0 Å². The van der Waals surface area contributed by atoms with Crippen LogP contribution in [0.3, 0.4) is 0 Å². The van der Waals surface area contributed by atoms with E-state index in [-0.39, 0.29) is 0 Å². The number of fused-ring (bicyclic) bond motifs is 6. The molecule has 0 amide bonds. The lowest BCUT2D eigenvalue weighted by atomic mass is 10.1. The van der Waals surface area contributed by atoms with Gasteiger partial charge in [-0.15, -0.1) is 0 Å². The highest BCUT2D eigenvalue weighted by Gasteiger charge is 2.31. The van der Waals surface area contributed by atoms with Crippen LogP contribution in [0.4, 0.5) is 0 Å². The lowest BCUT2D eigenvalue weighted by Gasteiger charge is -2.20.